The first kappa shape index (κ1) is 7.66. The van der Waals surface area contributed by atoms with Gasteiger partial charge in [0.05, 0.1) is 0 Å². The Morgan fingerprint density at radius 1 is 1.25 bits per heavy atom. The summed E-state index contributed by atoms with van der Waals surface area (Å²) < 4.78 is 0. The van der Waals surface area contributed by atoms with E-state index in [9.17, 15) is 0 Å². The number of rotatable bonds is 0. The van der Waals surface area contributed by atoms with Crippen LogP contribution in [0.1, 0.15) is 24.0 Å². The van der Waals surface area contributed by atoms with Crippen molar-refractivity contribution in [3.63, 3.8) is 0 Å². The Labute approximate surface area is 73.8 Å². The van der Waals surface area contributed by atoms with Crippen molar-refractivity contribution < 1.29 is 0 Å². The maximum Gasteiger partial charge on any atom is 0.0375 e. The first-order valence-corrected chi connectivity index (χ1v) is 4.70. The SMILES string of the molecule is Cc1cccc2c1CCCCN2. The maximum atomic E-state index is 3.47. The highest BCUT2D eigenvalue weighted by molar-refractivity contribution is 5.55. The van der Waals surface area contributed by atoms with Crippen LogP contribution in [0.25, 0.3) is 0 Å². The van der Waals surface area contributed by atoms with Crippen LogP contribution in [0.15, 0.2) is 18.2 Å². The van der Waals surface area contributed by atoms with Gasteiger partial charge >= 0.3 is 0 Å². The highest BCUT2D eigenvalue weighted by Crippen LogP contribution is 2.23. The van der Waals surface area contributed by atoms with Crippen molar-refractivity contribution in [2.24, 2.45) is 0 Å². The molecule has 0 fully saturated rings. The van der Waals surface area contributed by atoms with Crippen LogP contribution in [-0.2, 0) is 6.42 Å². The highest BCUT2D eigenvalue weighted by atomic mass is 14.9. The van der Waals surface area contributed by atoms with E-state index in [2.05, 4.69) is 30.4 Å². The van der Waals surface area contributed by atoms with Gasteiger partial charge in [0.2, 0.25) is 0 Å². The molecule has 12 heavy (non-hydrogen) atoms. The Bertz CT molecular complexity index is 278. The lowest BCUT2D eigenvalue weighted by Crippen LogP contribution is -1.99. The lowest BCUT2D eigenvalue weighted by molar-refractivity contribution is 0.783. The third-order valence-corrected chi connectivity index (χ3v) is 2.58. The van der Waals surface area contributed by atoms with E-state index in [4.69, 9.17) is 0 Å². The number of hydrogen-bond acceptors (Lipinski definition) is 1. The van der Waals surface area contributed by atoms with Crippen LogP contribution in [-0.4, -0.2) is 6.54 Å². The van der Waals surface area contributed by atoms with Crippen LogP contribution in [0.4, 0.5) is 5.69 Å². The van der Waals surface area contributed by atoms with E-state index in [1.807, 2.05) is 0 Å². The number of nitrogens with one attached hydrogen (secondary N) is 1. The zero-order chi connectivity index (χ0) is 8.39. The molecule has 0 spiro atoms. The molecule has 0 radical (unpaired) electrons. The molecule has 2 rings (SSSR count). The van der Waals surface area contributed by atoms with Crippen LogP contribution < -0.4 is 5.32 Å². The van der Waals surface area contributed by atoms with E-state index in [0.717, 1.165) is 6.54 Å². The normalized spacial score (nSPS) is 16.1. The van der Waals surface area contributed by atoms with Crippen molar-refractivity contribution in [2.75, 3.05) is 11.9 Å². The lowest BCUT2D eigenvalue weighted by Gasteiger charge is -2.09. The summed E-state index contributed by atoms with van der Waals surface area (Å²) in [7, 11) is 0. The van der Waals surface area contributed by atoms with Crippen molar-refractivity contribution in [3.8, 4) is 0 Å². The summed E-state index contributed by atoms with van der Waals surface area (Å²) in [5.41, 5.74) is 4.31. The summed E-state index contributed by atoms with van der Waals surface area (Å²) in [6, 6.07) is 6.52. The standard InChI is InChI=1S/C11H15N/c1-9-5-4-7-11-10(9)6-2-3-8-12-11/h4-5,7,12H,2-3,6,8H2,1H3. The number of benzene rings is 1. The maximum absolute atomic E-state index is 3.47. The van der Waals surface area contributed by atoms with Gasteiger partial charge in [0.1, 0.15) is 0 Å². The molecule has 0 aliphatic carbocycles. The largest absolute Gasteiger partial charge is 0.385 e. The predicted octanol–water partition coefficient (Wildman–Crippen LogP) is 2.74. The van der Waals surface area contributed by atoms with E-state index in [-0.39, 0.29) is 0 Å². The van der Waals surface area contributed by atoms with Gasteiger partial charge in [-0.1, -0.05) is 12.1 Å². The molecule has 0 saturated carbocycles. The average Bonchev–Trinajstić information content (AvgIpc) is 2.30. The van der Waals surface area contributed by atoms with Crippen molar-refractivity contribution in [3.05, 3.63) is 29.3 Å². The summed E-state index contributed by atoms with van der Waals surface area (Å²) >= 11 is 0. The molecule has 0 aromatic heterocycles. The molecule has 0 amide bonds. The second-order valence-electron chi connectivity index (χ2n) is 3.48. The van der Waals surface area contributed by atoms with E-state index < -0.39 is 0 Å². The van der Waals surface area contributed by atoms with Gasteiger partial charge in [-0.05, 0) is 43.4 Å². The van der Waals surface area contributed by atoms with E-state index in [0.29, 0.717) is 0 Å². The van der Waals surface area contributed by atoms with Crippen LogP contribution >= 0.6 is 0 Å². The summed E-state index contributed by atoms with van der Waals surface area (Å²) in [4.78, 5) is 0. The Hall–Kier alpha value is -0.980. The number of anilines is 1. The fourth-order valence-electron chi connectivity index (χ4n) is 1.85. The van der Waals surface area contributed by atoms with E-state index in [1.165, 1.54) is 36.1 Å². The first-order chi connectivity index (χ1) is 5.88. The Morgan fingerprint density at radius 2 is 2.17 bits per heavy atom. The van der Waals surface area contributed by atoms with Crippen molar-refractivity contribution in [1.82, 2.24) is 0 Å². The van der Waals surface area contributed by atoms with Crippen molar-refractivity contribution in [2.45, 2.75) is 26.2 Å². The third-order valence-electron chi connectivity index (χ3n) is 2.58. The molecule has 0 atom stereocenters. The summed E-state index contributed by atoms with van der Waals surface area (Å²) in [5, 5.41) is 3.47. The van der Waals surface area contributed by atoms with Gasteiger partial charge in [0.25, 0.3) is 0 Å². The molecule has 1 aliphatic heterocycles. The second kappa shape index (κ2) is 3.18. The van der Waals surface area contributed by atoms with Crippen molar-refractivity contribution in [1.29, 1.82) is 0 Å². The summed E-state index contributed by atoms with van der Waals surface area (Å²) in [5.74, 6) is 0. The number of aryl methyl sites for hydroxylation is 1. The summed E-state index contributed by atoms with van der Waals surface area (Å²) in [6.07, 6.45) is 3.87. The van der Waals surface area contributed by atoms with Gasteiger partial charge in [-0.3, -0.25) is 0 Å². The third kappa shape index (κ3) is 1.31. The Kier molecular flexibility index (Phi) is 2.03. The van der Waals surface area contributed by atoms with Crippen LogP contribution in [0, 0.1) is 6.92 Å². The topological polar surface area (TPSA) is 12.0 Å². The number of hydrogen-bond donors (Lipinski definition) is 1. The average molecular weight is 161 g/mol. The molecule has 64 valence electrons. The molecule has 0 saturated heterocycles. The molecule has 0 bridgehead atoms. The van der Waals surface area contributed by atoms with Gasteiger partial charge in [-0.15, -0.1) is 0 Å². The zero-order valence-corrected chi connectivity index (χ0v) is 7.56. The Morgan fingerprint density at radius 3 is 3.08 bits per heavy atom. The molecule has 1 nitrogen and oxygen atoms in total. The Balaban J connectivity index is 2.42. The minimum atomic E-state index is 1.14. The fourth-order valence-corrected chi connectivity index (χ4v) is 1.85. The molecule has 1 aliphatic rings. The quantitative estimate of drug-likeness (QED) is 0.617. The van der Waals surface area contributed by atoms with Gasteiger partial charge < -0.3 is 5.32 Å². The molecule has 1 aromatic carbocycles. The van der Waals surface area contributed by atoms with Crippen LogP contribution in [0.5, 0.6) is 0 Å². The highest BCUT2D eigenvalue weighted by Gasteiger charge is 2.07. The van der Waals surface area contributed by atoms with Crippen LogP contribution in [0.2, 0.25) is 0 Å². The smallest absolute Gasteiger partial charge is 0.0375 e. The van der Waals surface area contributed by atoms with Gasteiger partial charge in [-0.2, -0.15) is 0 Å². The van der Waals surface area contributed by atoms with Crippen molar-refractivity contribution >= 4 is 5.69 Å². The van der Waals surface area contributed by atoms with Gasteiger partial charge in [0.15, 0.2) is 0 Å². The first-order valence-electron chi connectivity index (χ1n) is 4.70. The van der Waals surface area contributed by atoms with Crippen LogP contribution in [0.3, 0.4) is 0 Å². The molecule has 0 unspecified atom stereocenters. The lowest BCUT2D eigenvalue weighted by atomic mass is 10.0. The fraction of sp³-hybridized carbons (Fsp3) is 0.455. The van der Waals surface area contributed by atoms with Gasteiger partial charge in [0, 0.05) is 12.2 Å². The summed E-state index contributed by atoms with van der Waals surface area (Å²) in [6.45, 7) is 3.34. The molecular formula is C11H15N. The molecule has 1 heterocycles. The molecular weight excluding hydrogens is 146 g/mol. The predicted molar refractivity (Wildman–Crippen MR) is 52.6 cm³/mol. The monoisotopic (exact) mass is 161 g/mol. The molecule has 1 heteroatoms. The minimum absolute atomic E-state index is 1.14. The molecule has 1 aromatic rings. The number of fused-ring (bicyclic) bond motifs is 1. The molecule has 1 N–H and O–H groups in total. The second-order valence-corrected chi connectivity index (χ2v) is 3.48. The minimum Gasteiger partial charge on any atom is -0.385 e. The van der Waals surface area contributed by atoms with E-state index in [1.54, 1.807) is 0 Å². The zero-order valence-electron chi connectivity index (χ0n) is 7.56. The van der Waals surface area contributed by atoms with E-state index >= 15 is 0 Å². The van der Waals surface area contributed by atoms with Gasteiger partial charge in [-0.25, -0.2) is 0 Å².